The summed E-state index contributed by atoms with van der Waals surface area (Å²) < 4.78 is 44.8. The van der Waals surface area contributed by atoms with Gasteiger partial charge in [0.2, 0.25) is 10.0 Å². The summed E-state index contributed by atoms with van der Waals surface area (Å²) in [5.41, 5.74) is 0.673. The molecule has 1 fully saturated rings. The van der Waals surface area contributed by atoms with Crippen molar-refractivity contribution < 1.29 is 37.3 Å². The quantitative estimate of drug-likeness (QED) is 0.519. The maximum atomic E-state index is 13.8. The molecule has 5 atom stereocenters. The molecule has 1 amide bonds. The highest BCUT2D eigenvalue weighted by molar-refractivity contribution is 7.89. The Bertz CT molecular complexity index is 1200. The first kappa shape index (κ1) is 28.6. The molecule has 37 heavy (non-hydrogen) atoms. The minimum absolute atomic E-state index is 0.00539. The number of rotatable bonds is 7. The molecule has 0 saturated carbocycles. The molecule has 1 aliphatic heterocycles. The Morgan fingerprint density at radius 1 is 1.08 bits per heavy atom. The van der Waals surface area contributed by atoms with Gasteiger partial charge < -0.3 is 24.6 Å². The van der Waals surface area contributed by atoms with Gasteiger partial charge in [0.1, 0.15) is 17.8 Å². The fourth-order valence-electron chi connectivity index (χ4n) is 4.12. The first-order valence-electron chi connectivity index (χ1n) is 11.8. The van der Waals surface area contributed by atoms with Crippen LogP contribution in [0.3, 0.4) is 0 Å². The third-order valence-electron chi connectivity index (χ3n) is 5.86. The Hall–Kier alpha value is -2.99. The predicted octanol–water partition coefficient (Wildman–Crippen LogP) is 2.90. The summed E-state index contributed by atoms with van der Waals surface area (Å²) in [6.45, 7) is 8.40. The van der Waals surface area contributed by atoms with Crippen molar-refractivity contribution in [2.24, 2.45) is 0 Å². The van der Waals surface area contributed by atoms with Crippen molar-refractivity contribution in [1.82, 2.24) is 9.62 Å². The highest BCUT2D eigenvalue weighted by Gasteiger charge is 2.53. The number of nitrogens with zero attached hydrogens (tertiary/aromatic N) is 1. The third-order valence-corrected chi connectivity index (χ3v) is 7.83. The van der Waals surface area contributed by atoms with E-state index in [1.807, 2.05) is 13.0 Å². The minimum atomic E-state index is -4.21. The number of aliphatic hydroxyl groups is 1. The number of carbonyl (C=O) groups excluding carboxylic acids is 2. The average molecular weight is 535 g/mol. The van der Waals surface area contributed by atoms with E-state index >= 15 is 0 Å². The summed E-state index contributed by atoms with van der Waals surface area (Å²) in [6.07, 6.45) is -5.12. The zero-order valence-corrected chi connectivity index (χ0v) is 22.6. The fourth-order valence-corrected chi connectivity index (χ4v) is 5.84. The lowest BCUT2D eigenvalue weighted by atomic mass is 10.0. The van der Waals surface area contributed by atoms with E-state index in [1.165, 1.54) is 12.1 Å². The van der Waals surface area contributed by atoms with Crippen LogP contribution in [0.2, 0.25) is 0 Å². The number of carbonyl (C=O) groups is 2. The van der Waals surface area contributed by atoms with Gasteiger partial charge in [0, 0.05) is 0 Å². The van der Waals surface area contributed by atoms with E-state index in [9.17, 15) is 23.1 Å². The van der Waals surface area contributed by atoms with Crippen LogP contribution in [0.4, 0.5) is 4.79 Å². The molecular formula is C26H34N2O8S. The predicted molar refractivity (Wildman–Crippen MR) is 135 cm³/mol. The number of hydrogen-bond acceptors (Lipinski definition) is 8. The highest BCUT2D eigenvalue weighted by atomic mass is 32.2. The number of nitrogens with one attached hydrogen (secondary N) is 1. The first-order chi connectivity index (χ1) is 17.3. The molecule has 2 N–H and O–H groups in total. The van der Waals surface area contributed by atoms with Crippen LogP contribution < -0.4 is 5.32 Å². The standard InChI is InChI=1S/C26H34N2O8S/c1-16-12-14-19(15-13-16)37(32,33)28-17(2)22(18-10-8-7-9-11-18)35-23(28)21(29)20(24(30)34-6)27-25(31)36-26(3,4)5/h7-15,17,20-23,29H,1-6H3,(H,27,31)/t17-,20-,21-,22-,23-/m0/s1. The van der Waals surface area contributed by atoms with E-state index in [0.29, 0.717) is 5.56 Å². The van der Waals surface area contributed by atoms with Crippen LogP contribution in [0.25, 0.3) is 0 Å². The molecule has 0 spiro atoms. The molecule has 1 saturated heterocycles. The summed E-state index contributed by atoms with van der Waals surface area (Å²) in [5, 5.41) is 13.7. The lowest BCUT2D eigenvalue weighted by Gasteiger charge is -2.32. The summed E-state index contributed by atoms with van der Waals surface area (Å²) in [4.78, 5) is 25.1. The Kier molecular flexibility index (Phi) is 8.63. The second-order valence-corrected chi connectivity index (χ2v) is 11.7. The number of hydrogen-bond donors (Lipinski definition) is 2. The van der Waals surface area contributed by atoms with Crippen LogP contribution in [0.1, 0.15) is 44.9 Å². The van der Waals surface area contributed by atoms with Gasteiger partial charge in [-0.05, 0) is 52.3 Å². The number of ether oxygens (including phenoxy) is 3. The second kappa shape index (κ2) is 11.2. The zero-order valence-electron chi connectivity index (χ0n) is 21.7. The maximum absolute atomic E-state index is 13.8. The smallest absolute Gasteiger partial charge is 0.408 e. The van der Waals surface area contributed by atoms with Gasteiger partial charge in [-0.25, -0.2) is 18.0 Å². The van der Waals surface area contributed by atoms with Crippen molar-refractivity contribution >= 4 is 22.1 Å². The molecular weight excluding hydrogens is 500 g/mol. The maximum Gasteiger partial charge on any atom is 0.408 e. The summed E-state index contributed by atoms with van der Waals surface area (Å²) >= 11 is 0. The van der Waals surface area contributed by atoms with Crippen molar-refractivity contribution in [3.63, 3.8) is 0 Å². The van der Waals surface area contributed by atoms with Gasteiger partial charge in [0.25, 0.3) is 0 Å². The molecule has 11 heteroatoms. The SMILES string of the molecule is COC(=O)[C@@H](NC(=O)OC(C)(C)C)[C@H](O)[C@@H]1O[C@H](c2ccccc2)[C@H](C)N1S(=O)(=O)c1ccc(C)cc1. The molecule has 1 heterocycles. The summed E-state index contributed by atoms with van der Waals surface area (Å²) in [5.74, 6) is -0.995. The molecule has 0 unspecified atom stereocenters. The van der Waals surface area contributed by atoms with Gasteiger partial charge in [0.05, 0.1) is 18.0 Å². The summed E-state index contributed by atoms with van der Waals surface area (Å²) in [7, 11) is -3.12. The monoisotopic (exact) mass is 534 g/mol. The number of aryl methyl sites for hydroxylation is 1. The molecule has 1 aliphatic rings. The van der Waals surface area contributed by atoms with Gasteiger partial charge in [-0.15, -0.1) is 0 Å². The van der Waals surface area contributed by atoms with Crippen molar-refractivity contribution in [2.75, 3.05) is 7.11 Å². The van der Waals surface area contributed by atoms with Crippen LogP contribution in [0.15, 0.2) is 59.5 Å². The number of benzene rings is 2. The van der Waals surface area contributed by atoms with E-state index in [4.69, 9.17) is 14.2 Å². The Morgan fingerprint density at radius 3 is 2.22 bits per heavy atom. The normalized spacial score (nSPS) is 22.2. The molecule has 2 aromatic carbocycles. The van der Waals surface area contributed by atoms with Crippen LogP contribution in [0.5, 0.6) is 0 Å². The Labute approximate surface area is 217 Å². The highest BCUT2D eigenvalue weighted by Crippen LogP contribution is 2.40. The molecule has 2 aromatic rings. The number of alkyl carbamates (subject to hydrolysis) is 1. The minimum Gasteiger partial charge on any atom is -0.467 e. The van der Waals surface area contributed by atoms with E-state index in [-0.39, 0.29) is 4.90 Å². The van der Waals surface area contributed by atoms with Crippen LogP contribution in [-0.4, -0.2) is 67.0 Å². The van der Waals surface area contributed by atoms with Crippen LogP contribution in [0, 0.1) is 6.92 Å². The van der Waals surface area contributed by atoms with Crippen molar-refractivity contribution in [2.45, 2.75) is 75.6 Å². The third kappa shape index (κ3) is 6.48. The van der Waals surface area contributed by atoms with E-state index in [1.54, 1.807) is 64.1 Å². The molecule has 0 aliphatic carbocycles. The lowest BCUT2D eigenvalue weighted by Crippen LogP contribution is -2.58. The number of amides is 1. The van der Waals surface area contributed by atoms with Crippen molar-refractivity contribution in [1.29, 1.82) is 0 Å². The van der Waals surface area contributed by atoms with E-state index < -0.39 is 58.2 Å². The lowest BCUT2D eigenvalue weighted by molar-refractivity contribution is -0.152. The van der Waals surface area contributed by atoms with E-state index in [0.717, 1.165) is 17.0 Å². The van der Waals surface area contributed by atoms with E-state index in [2.05, 4.69) is 5.32 Å². The fraction of sp³-hybridized carbons (Fsp3) is 0.462. The Morgan fingerprint density at radius 2 is 1.68 bits per heavy atom. The second-order valence-electron chi connectivity index (χ2n) is 9.88. The number of methoxy groups -OCH3 is 1. The zero-order chi connectivity index (χ0) is 27.5. The van der Waals surface area contributed by atoms with Crippen LogP contribution in [-0.2, 0) is 29.0 Å². The molecule has 3 rings (SSSR count). The number of esters is 1. The number of sulfonamides is 1. The van der Waals surface area contributed by atoms with Gasteiger partial charge in [-0.2, -0.15) is 4.31 Å². The topological polar surface area (TPSA) is 131 Å². The van der Waals surface area contributed by atoms with Crippen molar-refractivity contribution in [3.05, 3.63) is 65.7 Å². The largest absolute Gasteiger partial charge is 0.467 e. The van der Waals surface area contributed by atoms with Crippen molar-refractivity contribution in [3.8, 4) is 0 Å². The molecule has 0 bridgehead atoms. The van der Waals surface area contributed by atoms with Gasteiger partial charge in [0.15, 0.2) is 12.3 Å². The molecule has 0 radical (unpaired) electrons. The van der Waals surface area contributed by atoms with Gasteiger partial charge in [-0.3, -0.25) is 0 Å². The Balaban J connectivity index is 2.04. The van der Waals surface area contributed by atoms with Crippen LogP contribution >= 0.6 is 0 Å². The van der Waals surface area contributed by atoms with Gasteiger partial charge >= 0.3 is 12.1 Å². The van der Waals surface area contributed by atoms with Gasteiger partial charge in [-0.1, -0.05) is 48.0 Å². The molecule has 202 valence electrons. The number of aliphatic hydroxyl groups excluding tert-OH is 1. The first-order valence-corrected chi connectivity index (χ1v) is 13.3. The molecule has 0 aromatic heterocycles. The molecule has 10 nitrogen and oxygen atoms in total. The summed E-state index contributed by atoms with van der Waals surface area (Å²) in [6, 6.07) is 12.8. The average Bonchev–Trinajstić information content (AvgIpc) is 3.19.